The van der Waals surface area contributed by atoms with Gasteiger partial charge >= 0.3 is 0 Å². The van der Waals surface area contributed by atoms with Crippen LogP contribution in [0.2, 0.25) is 0 Å². The van der Waals surface area contributed by atoms with Crippen molar-refractivity contribution in [3.63, 3.8) is 0 Å². The number of carbonyl (C=O) groups is 2. The standard InChI is InChI=1S/C27H28N4O3S/c1-18-11-12-23(35-18)22-17-21(25-19(2)29-34-26(25)28-22)27(33)31-15-13-30(14-16-31)24(32)10-6-9-20-7-4-3-5-8-20/h3-5,7-8,11-12,17H,6,9-10,13-16H2,1-2H3. The van der Waals surface area contributed by atoms with Crippen molar-refractivity contribution in [2.75, 3.05) is 26.2 Å². The van der Waals surface area contributed by atoms with E-state index in [-0.39, 0.29) is 11.8 Å². The lowest BCUT2D eigenvalue weighted by Gasteiger charge is -2.35. The molecule has 5 rings (SSSR count). The molecule has 0 saturated carbocycles. The highest BCUT2D eigenvalue weighted by atomic mass is 32.1. The molecule has 0 radical (unpaired) electrons. The molecule has 0 atom stereocenters. The number of fused-ring (bicyclic) bond motifs is 1. The molecule has 35 heavy (non-hydrogen) atoms. The Bertz CT molecular complexity index is 1350. The van der Waals surface area contributed by atoms with Crippen molar-refractivity contribution in [2.45, 2.75) is 33.1 Å². The molecule has 4 aromatic rings. The van der Waals surface area contributed by atoms with E-state index in [2.05, 4.69) is 22.3 Å². The molecular weight excluding hydrogens is 460 g/mol. The summed E-state index contributed by atoms with van der Waals surface area (Å²) < 4.78 is 5.43. The maximum absolute atomic E-state index is 13.6. The highest BCUT2D eigenvalue weighted by Gasteiger charge is 2.28. The van der Waals surface area contributed by atoms with Gasteiger partial charge in [0.25, 0.3) is 11.6 Å². The molecule has 1 aromatic carbocycles. The summed E-state index contributed by atoms with van der Waals surface area (Å²) in [6, 6.07) is 16.1. The van der Waals surface area contributed by atoms with Crippen LogP contribution in [-0.4, -0.2) is 57.9 Å². The molecule has 0 N–H and O–H groups in total. The van der Waals surface area contributed by atoms with E-state index in [9.17, 15) is 9.59 Å². The van der Waals surface area contributed by atoms with Crippen molar-refractivity contribution in [1.82, 2.24) is 19.9 Å². The van der Waals surface area contributed by atoms with E-state index in [1.807, 2.05) is 60.0 Å². The van der Waals surface area contributed by atoms with Gasteiger partial charge in [-0.25, -0.2) is 4.98 Å². The third kappa shape index (κ3) is 4.98. The van der Waals surface area contributed by atoms with Gasteiger partial charge < -0.3 is 14.3 Å². The number of amides is 2. The van der Waals surface area contributed by atoms with Gasteiger partial charge in [0.05, 0.1) is 27.2 Å². The number of pyridine rings is 1. The van der Waals surface area contributed by atoms with Gasteiger partial charge in [-0.1, -0.05) is 35.5 Å². The minimum atomic E-state index is -0.0746. The SMILES string of the molecule is Cc1ccc(-c2cc(C(=O)N3CCN(C(=O)CCCc4ccccc4)CC3)c3c(C)noc3n2)s1. The van der Waals surface area contributed by atoms with Crippen molar-refractivity contribution in [3.05, 3.63) is 70.2 Å². The second-order valence-corrected chi connectivity index (χ2v) is 10.2. The molecular formula is C27H28N4O3S. The fourth-order valence-corrected chi connectivity index (χ4v) is 5.37. The topological polar surface area (TPSA) is 79.5 Å². The summed E-state index contributed by atoms with van der Waals surface area (Å²) in [5.74, 6) is 0.0824. The predicted octanol–water partition coefficient (Wildman–Crippen LogP) is 4.88. The number of aromatic nitrogens is 2. The largest absolute Gasteiger partial charge is 0.339 e. The highest BCUT2D eigenvalue weighted by molar-refractivity contribution is 7.15. The number of rotatable bonds is 6. The quantitative estimate of drug-likeness (QED) is 0.387. The Labute approximate surface area is 208 Å². The van der Waals surface area contributed by atoms with E-state index in [1.54, 1.807) is 11.3 Å². The lowest BCUT2D eigenvalue weighted by atomic mass is 10.1. The van der Waals surface area contributed by atoms with Crippen molar-refractivity contribution in [3.8, 4) is 10.6 Å². The molecule has 1 aliphatic heterocycles. The lowest BCUT2D eigenvalue weighted by molar-refractivity contribution is -0.132. The van der Waals surface area contributed by atoms with Crippen LogP contribution >= 0.6 is 11.3 Å². The van der Waals surface area contributed by atoms with Gasteiger partial charge in [-0.3, -0.25) is 9.59 Å². The number of benzene rings is 1. The van der Waals surface area contributed by atoms with Crippen LogP contribution in [0.25, 0.3) is 21.7 Å². The first-order valence-electron chi connectivity index (χ1n) is 11.9. The van der Waals surface area contributed by atoms with Gasteiger partial charge in [-0.2, -0.15) is 0 Å². The normalized spacial score (nSPS) is 14.0. The van der Waals surface area contributed by atoms with Gasteiger partial charge in [0, 0.05) is 37.5 Å². The third-order valence-electron chi connectivity index (χ3n) is 6.46. The van der Waals surface area contributed by atoms with Crippen LogP contribution in [0.15, 0.2) is 53.1 Å². The molecule has 4 heterocycles. The Balaban J connectivity index is 1.25. The maximum Gasteiger partial charge on any atom is 0.259 e. The van der Waals surface area contributed by atoms with Crippen LogP contribution in [-0.2, 0) is 11.2 Å². The van der Waals surface area contributed by atoms with E-state index in [1.165, 1.54) is 10.4 Å². The Kier molecular flexibility index (Phi) is 6.63. The first-order chi connectivity index (χ1) is 17.0. The summed E-state index contributed by atoms with van der Waals surface area (Å²) in [4.78, 5) is 36.8. The Morgan fingerprint density at radius 1 is 1.00 bits per heavy atom. The summed E-state index contributed by atoms with van der Waals surface area (Å²) >= 11 is 1.63. The van der Waals surface area contributed by atoms with E-state index in [4.69, 9.17) is 4.52 Å². The minimum absolute atomic E-state index is 0.0746. The van der Waals surface area contributed by atoms with Gasteiger partial charge in [-0.05, 0) is 50.5 Å². The van der Waals surface area contributed by atoms with Crippen LogP contribution in [0.5, 0.6) is 0 Å². The summed E-state index contributed by atoms with van der Waals surface area (Å²) in [7, 11) is 0. The van der Waals surface area contributed by atoms with E-state index < -0.39 is 0 Å². The summed E-state index contributed by atoms with van der Waals surface area (Å²) in [6.07, 6.45) is 2.25. The number of hydrogen-bond acceptors (Lipinski definition) is 6. The molecule has 1 fully saturated rings. The number of nitrogens with zero attached hydrogens (tertiary/aromatic N) is 4. The third-order valence-corrected chi connectivity index (χ3v) is 7.48. The van der Waals surface area contributed by atoms with Gasteiger partial charge in [0.15, 0.2) is 0 Å². The fraction of sp³-hybridized carbons (Fsp3) is 0.333. The summed E-state index contributed by atoms with van der Waals surface area (Å²) in [6.45, 7) is 5.97. The maximum atomic E-state index is 13.6. The molecule has 180 valence electrons. The number of thiophene rings is 1. The first kappa shape index (κ1) is 23.2. The molecule has 2 amide bonds. The molecule has 0 aliphatic carbocycles. The van der Waals surface area contributed by atoms with Crippen molar-refractivity contribution >= 4 is 34.3 Å². The fourth-order valence-electron chi connectivity index (χ4n) is 4.54. The number of carbonyl (C=O) groups excluding carboxylic acids is 2. The van der Waals surface area contributed by atoms with Crippen LogP contribution in [0.1, 0.15) is 39.3 Å². The molecule has 8 heteroatoms. The van der Waals surface area contributed by atoms with Crippen LogP contribution < -0.4 is 0 Å². The zero-order chi connectivity index (χ0) is 24.4. The molecule has 1 saturated heterocycles. The number of aryl methyl sites for hydroxylation is 3. The lowest BCUT2D eigenvalue weighted by Crippen LogP contribution is -2.50. The number of piperazine rings is 1. The van der Waals surface area contributed by atoms with Crippen LogP contribution in [0.4, 0.5) is 0 Å². The van der Waals surface area contributed by atoms with Crippen molar-refractivity contribution in [2.24, 2.45) is 0 Å². The van der Waals surface area contributed by atoms with Crippen molar-refractivity contribution < 1.29 is 14.1 Å². The molecule has 0 spiro atoms. The Morgan fingerprint density at radius 3 is 2.46 bits per heavy atom. The van der Waals surface area contributed by atoms with Gasteiger partial charge in [0.2, 0.25) is 5.91 Å². The molecule has 0 unspecified atom stereocenters. The zero-order valence-electron chi connectivity index (χ0n) is 20.0. The Hall–Kier alpha value is -3.52. The average Bonchev–Trinajstić information content (AvgIpc) is 3.49. The van der Waals surface area contributed by atoms with Crippen molar-refractivity contribution in [1.29, 1.82) is 0 Å². The Morgan fingerprint density at radius 2 is 1.74 bits per heavy atom. The predicted molar refractivity (Wildman–Crippen MR) is 136 cm³/mol. The van der Waals surface area contributed by atoms with Gasteiger partial charge in [-0.15, -0.1) is 11.3 Å². The van der Waals surface area contributed by atoms with Crippen LogP contribution in [0, 0.1) is 13.8 Å². The molecule has 7 nitrogen and oxygen atoms in total. The minimum Gasteiger partial charge on any atom is -0.339 e. The second kappa shape index (κ2) is 10.00. The molecule has 3 aromatic heterocycles. The molecule has 1 aliphatic rings. The average molecular weight is 489 g/mol. The smallest absolute Gasteiger partial charge is 0.259 e. The van der Waals surface area contributed by atoms with E-state index in [0.717, 1.165) is 17.7 Å². The summed E-state index contributed by atoms with van der Waals surface area (Å²) in [5, 5.41) is 4.71. The summed E-state index contributed by atoms with van der Waals surface area (Å²) in [5.41, 5.74) is 3.54. The first-order valence-corrected chi connectivity index (χ1v) is 12.8. The number of hydrogen-bond donors (Lipinski definition) is 0. The van der Waals surface area contributed by atoms with Crippen LogP contribution in [0.3, 0.4) is 0 Å². The van der Waals surface area contributed by atoms with Gasteiger partial charge in [0.1, 0.15) is 0 Å². The highest BCUT2D eigenvalue weighted by Crippen LogP contribution is 2.31. The zero-order valence-corrected chi connectivity index (χ0v) is 20.8. The monoisotopic (exact) mass is 488 g/mol. The van der Waals surface area contributed by atoms with E-state index in [0.29, 0.717) is 60.7 Å². The van der Waals surface area contributed by atoms with E-state index >= 15 is 0 Å². The molecule has 0 bridgehead atoms. The second-order valence-electron chi connectivity index (χ2n) is 8.93.